The molecule has 3 aliphatic rings. The molecule has 0 N–H and O–H groups in total. The van der Waals surface area contributed by atoms with Crippen LogP contribution in [-0.4, -0.2) is 47.2 Å². The Kier molecular flexibility index (Phi) is 4.06. The summed E-state index contributed by atoms with van der Waals surface area (Å²) in [6.45, 7) is 5.22. The molecule has 0 aliphatic carbocycles. The highest BCUT2D eigenvalue weighted by Crippen LogP contribution is 2.45. The number of carbonyl (C=O) groups excluding carboxylic acids is 1. The van der Waals surface area contributed by atoms with Crippen molar-refractivity contribution < 1.29 is 14.3 Å². The van der Waals surface area contributed by atoms with Crippen molar-refractivity contribution in [2.45, 2.75) is 26.3 Å². The van der Waals surface area contributed by atoms with Gasteiger partial charge in [0, 0.05) is 48.7 Å². The molecule has 1 amide bonds. The van der Waals surface area contributed by atoms with Crippen molar-refractivity contribution in [1.29, 1.82) is 0 Å². The van der Waals surface area contributed by atoms with Crippen LogP contribution in [0.4, 0.5) is 5.69 Å². The van der Waals surface area contributed by atoms with Crippen molar-refractivity contribution in [3.8, 4) is 11.5 Å². The molecule has 0 bridgehead atoms. The predicted molar refractivity (Wildman–Crippen MR) is 116 cm³/mol. The molecule has 1 unspecified atom stereocenters. The fourth-order valence-electron chi connectivity index (χ4n) is 5.18. The second-order valence-electron chi connectivity index (χ2n) is 8.76. The number of hydrogen-bond acceptors (Lipinski definition) is 6. The lowest BCUT2D eigenvalue weighted by Gasteiger charge is -2.25. The third kappa shape index (κ3) is 2.99. The first-order valence-corrected chi connectivity index (χ1v) is 10.8. The molecule has 31 heavy (non-hydrogen) atoms. The maximum absolute atomic E-state index is 13.4. The molecule has 6 rings (SSSR count). The van der Waals surface area contributed by atoms with E-state index in [1.165, 1.54) is 0 Å². The Morgan fingerprint density at radius 3 is 2.77 bits per heavy atom. The van der Waals surface area contributed by atoms with Crippen LogP contribution in [-0.2, 0) is 11.3 Å². The first-order valence-electron chi connectivity index (χ1n) is 10.8. The van der Waals surface area contributed by atoms with Crippen molar-refractivity contribution >= 4 is 22.5 Å². The number of anilines is 1. The summed E-state index contributed by atoms with van der Waals surface area (Å²) in [6.07, 6.45) is 3.55. The molecular weight excluding hydrogens is 392 g/mol. The van der Waals surface area contributed by atoms with Gasteiger partial charge in [-0.25, -0.2) is 0 Å². The lowest BCUT2D eigenvalue weighted by atomic mass is 9.85. The van der Waals surface area contributed by atoms with Gasteiger partial charge in [0.2, 0.25) is 12.7 Å². The molecule has 1 spiro atoms. The predicted octanol–water partition coefficient (Wildman–Crippen LogP) is 3.30. The third-order valence-corrected chi connectivity index (χ3v) is 6.78. The second kappa shape index (κ2) is 6.83. The maximum atomic E-state index is 13.4. The Balaban J connectivity index is 1.29. The van der Waals surface area contributed by atoms with Crippen molar-refractivity contribution in [1.82, 2.24) is 14.9 Å². The number of fused-ring (bicyclic) bond motifs is 2. The van der Waals surface area contributed by atoms with Crippen molar-refractivity contribution in [2.75, 3.05) is 31.3 Å². The van der Waals surface area contributed by atoms with Crippen LogP contribution < -0.4 is 14.4 Å². The van der Waals surface area contributed by atoms with E-state index < -0.39 is 0 Å². The van der Waals surface area contributed by atoms with E-state index in [1.807, 2.05) is 42.2 Å². The minimum Gasteiger partial charge on any atom is -0.454 e. The lowest BCUT2D eigenvalue weighted by molar-refractivity contribution is -0.135. The van der Waals surface area contributed by atoms with Crippen molar-refractivity contribution in [3.63, 3.8) is 0 Å². The van der Waals surface area contributed by atoms with E-state index in [9.17, 15) is 4.79 Å². The van der Waals surface area contributed by atoms with E-state index >= 15 is 0 Å². The van der Waals surface area contributed by atoms with Crippen LogP contribution in [0, 0.1) is 12.3 Å². The molecule has 5 heterocycles. The summed E-state index contributed by atoms with van der Waals surface area (Å²) >= 11 is 0. The summed E-state index contributed by atoms with van der Waals surface area (Å²) in [7, 11) is 0. The molecule has 2 fully saturated rings. The zero-order valence-electron chi connectivity index (χ0n) is 17.5. The minimum absolute atomic E-state index is 0.243. The van der Waals surface area contributed by atoms with Gasteiger partial charge >= 0.3 is 0 Å². The van der Waals surface area contributed by atoms with E-state index in [2.05, 4.69) is 16.0 Å². The van der Waals surface area contributed by atoms with Gasteiger partial charge < -0.3 is 19.3 Å². The molecule has 3 aliphatic heterocycles. The molecule has 7 nitrogen and oxygen atoms in total. The Morgan fingerprint density at radius 2 is 1.94 bits per heavy atom. The quantitative estimate of drug-likeness (QED) is 0.653. The summed E-state index contributed by atoms with van der Waals surface area (Å²) in [5.74, 6) is 1.76. The van der Waals surface area contributed by atoms with E-state index in [4.69, 9.17) is 14.5 Å². The van der Waals surface area contributed by atoms with E-state index in [0.29, 0.717) is 6.54 Å². The number of ether oxygens (including phenoxy) is 2. The van der Waals surface area contributed by atoms with Gasteiger partial charge in [0.1, 0.15) is 0 Å². The van der Waals surface area contributed by atoms with Crippen LogP contribution in [0.15, 0.2) is 42.6 Å². The Bertz CT molecular complexity index is 1180. The molecule has 2 saturated heterocycles. The third-order valence-electron chi connectivity index (χ3n) is 6.78. The van der Waals surface area contributed by atoms with Gasteiger partial charge in [0.15, 0.2) is 11.5 Å². The number of aryl methyl sites for hydroxylation is 1. The number of pyridine rings is 2. The largest absolute Gasteiger partial charge is 0.454 e. The molecule has 3 aromatic rings. The second-order valence-corrected chi connectivity index (χ2v) is 8.76. The van der Waals surface area contributed by atoms with Crippen molar-refractivity contribution in [3.05, 3.63) is 54.0 Å². The number of amides is 1. The molecule has 0 saturated carbocycles. The van der Waals surface area contributed by atoms with Gasteiger partial charge in [-0.3, -0.25) is 14.8 Å². The molecule has 7 heteroatoms. The first-order chi connectivity index (χ1) is 15.1. The first kappa shape index (κ1) is 18.4. The van der Waals surface area contributed by atoms with E-state index in [1.54, 1.807) is 6.20 Å². The van der Waals surface area contributed by atoms with E-state index in [0.717, 1.165) is 72.0 Å². The highest BCUT2D eigenvalue weighted by molar-refractivity contribution is 5.95. The molecule has 2 aromatic heterocycles. The minimum atomic E-state index is -0.311. The van der Waals surface area contributed by atoms with Gasteiger partial charge in [-0.15, -0.1) is 0 Å². The highest BCUT2D eigenvalue weighted by atomic mass is 16.7. The standard InChI is InChI=1S/C24H24N4O3/c1-16-10-20(18-11-21-22(31-15-30-21)12-19(18)26-16)28-9-6-24(14-28)5-8-27(23(24)29)13-17-4-2-3-7-25-17/h2-4,7,10-12H,5-6,8-9,13-15H2,1H3. The number of nitrogens with zero attached hydrogens (tertiary/aromatic N) is 4. The number of benzene rings is 1. The van der Waals surface area contributed by atoms with Gasteiger partial charge in [-0.2, -0.15) is 0 Å². The Morgan fingerprint density at radius 1 is 1.10 bits per heavy atom. The number of rotatable bonds is 3. The average molecular weight is 416 g/mol. The normalized spacial score (nSPS) is 22.3. The van der Waals surface area contributed by atoms with Gasteiger partial charge in [-0.1, -0.05) is 6.07 Å². The molecule has 0 radical (unpaired) electrons. The molecular formula is C24H24N4O3. The monoisotopic (exact) mass is 416 g/mol. The summed E-state index contributed by atoms with van der Waals surface area (Å²) < 4.78 is 11.1. The van der Waals surface area contributed by atoms with E-state index in [-0.39, 0.29) is 18.1 Å². The number of likely N-dealkylation sites (tertiary alicyclic amines) is 1. The Hall–Kier alpha value is -3.35. The summed E-state index contributed by atoms with van der Waals surface area (Å²) in [5.41, 5.74) is 3.60. The summed E-state index contributed by atoms with van der Waals surface area (Å²) in [4.78, 5) is 26.8. The number of aromatic nitrogens is 2. The molecule has 1 aromatic carbocycles. The van der Waals surface area contributed by atoms with Gasteiger partial charge in [0.25, 0.3) is 0 Å². The SMILES string of the molecule is Cc1cc(N2CCC3(CCN(Cc4ccccn4)C3=O)C2)c2cc3c(cc2n1)OCO3. The van der Waals surface area contributed by atoms with Crippen LogP contribution in [0.3, 0.4) is 0 Å². The zero-order chi connectivity index (χ0) is 21.0. The maximum Gasteiger partial charge on any atom is 0.231 e. The van der Waals surface area contributed by atoms with Gasteiger partial charge in [0.05, 0.1) is 23.2 Å². The summed E-state index contributed by atoms with van der Waals surface area (Å²) in [6, 6.07) is 11.9. The lowest BCUT2D eigenvalue weighted by Crippen LogP contribution is -2.36. The fourth-order valence-corrected chi connectivity index (χ4v) is 5.18. The van der Waals surface area contributed by atoms with Crippen LogP contribution in [0.1, 0.15) is 24.2 Å². The smallest absolute Gasteiger partial charge is 0.231 e. The topological polar surface area (TPSA) is 67.8 Å². The van der Waals surface area contributed by atoms with Crippen LogP contribution >= 0.6 is 0 Å². The zero-order valence-corrected chi connectivity index (χ0v) is 17.5. The Labute approximate surface area is 180 Å². The fraction of sp³-hybridized carbons (Fsp3) is 0.375. The van der Waals surface area contributed by atoms with Crippen LogP contribution in [0.25, 0.3) is 10.9 Å². The number of carbonyl (C=O) groups is 1. The van der Waals surface area contributed by atoms with Crippen LogP contribution in [0.5, 0.6) is 11.5 Å². The highest BCUT2D eigenvalue weighted by Gasteiger charge is 2.50. The average Bonchev–Trinajstić information content (AvgIpc) is 3.49. The van der Waals surface area contributed by atoms with Crippen LogP contribution in [0.2, 0.25) is 0 Å². The van der Waals surface area contributed by atoms with Crippen molar-refractivity contribution in [2.24, 2.45) is 5.41 Å². The summed E-state index contributed by atoms with van der Waals surface area (Å²) in [5, 5.41) is 1.04. The number of hydrogen-bond donors (Lipinski definition) is 0. The molecule has 1 atom stereocenters. The molecule has 158 valence electrons. The van der Waals surface area contributed by atoms with Gasteiger partial charge in [-0.05, 0) is 44.0 Å².